The summed E-state index contributed by atoms with van der Waals surface area (Å²) in [5, 5.41) is 12.0. The van der Waals surface area contributed by atoms with Gasteiger partial charge in [0.15, 0.2) is 0 Å². The van der Waals surface area contributed by atoms with Gasteiger partial charge in [-0.3, -0.25) is 4.79 Å². The molecule has 2 aliphatic rings. The molecule has 2 rings (SSSR count). The van der Waals surface area contributed by atoms with E-state index in [0.717, 1.165) is 19.3 Å². The highest BCUT2D eigenvalue weighted by molar-refractivity contribution is 5.76. The standard InChI is InChI=1S/C12H20N2O3/c15-11(16)9-4-3-7-14(8-9)12(17)13-10-5-1-2-6-10/h9-10H,1-8H2,(H,13,17)(H,15,16). The molecule has 5 nitrogen and oxygen atoms in total. The molecule has 96 valence electrons. The summed E-state index contributed by atoms with van der Waals surface area (Å²) in [5.74, 6) is -1.18. The minimum absolute atomic E-state index is 0.0807. The summed E-state index contributed by atoms with van der Waals surface area (Å²) in [6, 6.07) is 0.218. The third-order valence-electron chi connectivity index (χ3n) is 3.74. The molecule has 1 aliphatic heterocycles. The number of nitrogens with zero attached hydrogens (tertiary/aromatic N) is 1. The van der Waals surface area contributed by atoms with Crippen molar-refractivity contribution < 1.29 is 14.7 Å². The van der Waals surface area contributed by atoms with Gasteiger partial charge < -0.3 is 15.3 Å². The number of hydrogen-bond acceptors (Lipinski definition) is 2. The molecule has 1 saturated carbocycles. The Morgan fingerprint density at radius 1 is 1.12 bits per heavy atom. The van der Waals surface area contributed by atoms with E-state index in [1.807, 2.05) is 0 Å². The molecule has 1 aliphatic carbocycles. The zero-order valence-corrected chi connectivity index (χ0v) is 10.0. The van der Waals surface area contributed by atoms with Crippen LogP contribution in [0.15, 0.2) is 0 Å². The largest absolute Gasteiger partial charge is 0.481 e. The maximum absolute atomic E-state index is 11.9. The number of rotatable bonds is 2. The predicted octanol–water partition coefficient (Wildman–Crippen LogP) is 1.44. The van der Waals surface area contributed by atoms with E-state index in [2.05, 4.69) is 5.32 Å². The lowest BCUT2D eigenvalue weighted by Crippen LogP contribution is -2.49. The SMILES string of the molecule is O=C(O)C1CCCN(C(=O)NC2CCCC2)C1. The van der Waals surface area contributed by atoms with Crippen molar-refractivity contribution >= 4 is 12.0 Å². The van der Waals surface area contributed by atoms with E-state index in [1.54, 1.807) is 4.90 Å². The first-order valence-corrected chi connectivity index (χ1v) is 6.45. The fourth-order valence-electron chi connectivity index (χ4n) is 2.70. The fraction of sp³-hybridized carbons (Fsp3) is 0.833. The number of aliphatic carboxylic acids is 1. The summed E-state index contributed by atoms with van der Waals surface area (Å²) in [5.41, 5.74) is 0. The van der Waals surface area contributed by atoms with Crippen molar-refractivity contribution in [2.24, 2.45) is 5.92 Å². The molecule has 2 amide bonds. The molecule has 0 bridgehead atoms. The average Bonchev–Trinajstić information content (AvgIpc) is 2.82. The Balaban J connectivity index is 1.83. The highest BCUT2D eigenvalue weighted by Gasteiger charge is 2.29. The number of piperidine rings is 1. The van der Waals surface area contributed by atoms with Gasteiger partial charge in [0.05, 0.1) is 5.92 Å². The van der Waals surface area contributed by atoms with Gasteiger partial charge in [0.2, 0.25) is 0 Å². The molecule has 0 spiro atoms. The maximum atomic E-state index is 11.9. The maximum Gasteiger partial charge on any atom is 0.317 e. The van der Waals surface area contributed by atoms with Gasteiger partial charge in [-0.15, -0.1) is 0 Å². The van der Waals surface area contributed by atoms with Crippen molar-refractivity contribution in [1.82, 2.24) is 10.2 Å². The third kappa shape index (κ3) is 3.11. The van der Waals surface area contributed by atoms with Gasteiger partial charge in [-0.2, -0.15) is 0 Å². The first-order chi connectivity index (χ1) is 8.16. The summed E-state index contributed by atoms with van der Waals surface area (Å²) in [7, 11) is 0. The Kier molecular flexibility index (Phi) is 3.86. The van der Waals surface area contributed by atoms with Crippen LogP contribution in [0.3, 0.4) is 0 Å². The second kappa shape index (κ2) is 5.38. The molecule has 0 aromatic rings. The van der Waals surface area contributed by atoms with Crippen LogP contribution in [0.1, 0.15) is 38.5 Å². The van der Waals surface area contributed by atoms with Crippen molar-refractivity contribution in [3.8, 4) is 0 Å². The molecular weight excluding hydrogens is 220 g/mol. The van der Waals surface area contributed by atoms with E-state index in [4.69, 9.17) is 5.11 Å². The molecule has 0 aromatic heterocycles. The summed E-state index contributed by atoms with van der Waals surface area (Å²) < 4.78 is 0. The van der Waals surface area contributed by atoms with E-state index in [9.17, 15) is 9.59 Å². The van der Waals surface area contributed by atoms with Gasteiger partial charge >= 0.3 is 12.0 Å². The van der Waals surface area contributed by atoms with Crippen LogP contribution in [-0.2, 0) is 4.79 Å². The molecule has 17 heavy (non-hydrogen) atoms. The Morgan fingerprint density at radius 3 is 2.47 bits per heavy atom. The van der Waals surface area contributed by atoms with Crippen LogP contribution >= 0.6 is 0 Å². The molecule has 2 N–H and O–H groups in total. The Morgan fingerprint density at radius 2 is 1.82 bits per heavy atom. The van der Waals surface area contributed by atoms with E-state index in [-0.39, 0.29) is 6.03 Å². The monoisotopic (exact) mass is 240 g/mol. The smallest absolute Gasteiger partial charge is 0.317 e. The average molecular weight is 240 g/mol. The van der Waals surface area contributed by atoms with E-state index < -0.39 is 11.9 Å². The molecule has 0 radical (unpaired) electrons. The minimum Gasteiger partial charge on any atom is -0.481 e. The fourth-order valence-corrected chi connectivity index (χ4v) is 2.70. The highest BCUT2D eigenvalue weighted by Crippen LogP contribution is 2.20. The Hall–Kier alpha value is -1.26. The highest BCUT2D eigenvalue weighted by atomic mass is 16.4. The van der Waals surface area contributed by atoms with Gasteiger partial charge in [-0.25, -0.2) is 4.79 Å². The molecular formula is C12H20N2O3. The lowest BCUT2D eigenvalue weighted by molar-refractivity contribution is -0.143. The number of urea groups is 1. The van der Waals surface area contributed by atoms with Crippen molar-refractivity contribution in [1.29, 1.82) is 0 Å². The summed E-state index contributed by atoms with van der Waals surface area (Å²) in [6.07, 6.45) is 5.95. The minimum atomic E-state index is -0.789. The quantitative estimate of drug-likeness (QED) is 0.767. The van der Waals surface area contributed by atoms with Crippen LogP contribution in [0.2, 0.25) is 0 Å². The first-order valence-electron chi connectivity index (χ1n) is 6.45. The second-order valence-corrected chi connectivity index (χ2v) is 5.05. The number of carboxylic acid groups (broad SMARTS) is 1. The van der Waals surface area contributed by atoms with E-state index in [0.29, 0.717) is 25.6 Å². The number of likely N-dealkylation sites (tertiary alicyclic amines) is 1. The van der Waals surface area contributed by atoms with E-state index >= 15 is 0 Å². The van der Waals surface area contributed by atoms with Gasteiger partial charge in [0, 0.05) is 19.1 Å². The van der Waals surface area contributed by atoms with Crippen LogP contribution in [0.4, 0.5) is 4.79 Å². The van der Waals surface area contributed by atoms with Crippen LogP contribution in [0, 0.1) is 5.92 Å². The summed E-state index contributed by atoms with van der Waals surface area (Å²) >= 11 is 0. The van der Waals surface area contributed by atoms with E-state index in [1.165, 1.54) is 12.8 Å². The topological polar surface area (TPSA) is 69.6 Å². The lowest BCUT2D eigenvalue weighted by Gasteiger charge is -2.31. The predicted molar refractivity (Wildman–Crippen MR) is 62.7 cm³/mol. The van der Waals surface area contributed by atoms with Crippen molar-refractivity contribution in [2.75, 3.05) is 13.1 Å². The number of carbonyl (C=O) groups excluding carboxylic acids is 1. The van der Waals surface area contributed by atoms with Crippen LogP contribution < -0.4 is 5.32 Å². The summed E-state index contributed by atoms with van der Waals surface area (Å²) in [6.45, 7) is 1.04. The molecule has 5 heteroatoms. The van der Waals surface area contributed by atoms with Crippen LogP contribution in [0.5, 0.6) is 0 Å². The van der Waals surface area contributed by atoms with Crippen molar-refractivity contribution in [3.05, 3.63) is 0 Å². The van der Waals surface area contributed by atoms with Crippen LogP contribution in [-0.4, -0.2) is 41.1 Å². The number of hydrogen-bond donors (Lipinski definition) is 2. The zero-order chi connectivity index (χ0) is 12.3. The Bertz CT molecular complexity index is 300. The lowest BCUT2D eigenvalue weighted by atomic mass is 9.99. The molecule has 1 saturated heterocycles. The van der Waals surface area contributed by atoms with Crippen molar-refractivity contribution in [2.45, 2.75) is 44.6 Å². The molecule has 2 fully saturated rings. The zero-order valence-electron chi connectivity index (χ0n) is 10.0. The first kappa shape index (κ1) is 12.2. The molecule has 1 unspecified atom stereocenters. The number of carbonyl (C=O) groups is 2. The van der Waals surface area contributed by atoms with Gasteiger partial charge in [0.25, 0.3) is 0 Å². The molecule has 0 aromatic carbocycles. The second-order valence-electron chi connectivity index (χ2n) is 5.05. The van der Waals surface area contributed by atoms with Gasteiger partial charge in [-0.05, 0) is 25.7 Å². The van der Waals surface area contributed by atoms with Gasteiger partial charge in [0.1, 0.15) is 0 Å². The normalized spacial score (nSPS) is 25.9. The van der Waals surface area contributed by atoms with Crippen molar-refractivity contribution in [3.63, 3.8) is 0 Å². The summed E-state index contributed by atoms with van der Waals surface area (Å²) in [4.78, 5) is 24.5. The number of amides is 2. The molecule has 1 heterocycles. The van der Waals surface area contributed by atoms with Gasteiger partial charge in [-0.1, -0.05) is 12.8 Å². The Labute approximate surface area is 101 Å². The van der Waals surface area contributed by atoms with Crippen LogP contribution in [0.25, 0.3) is 0 Å². The molecule has 1 atom stereocenters. The number of carboxylic acids is 1. The number of nitrogens with one attached hydrogen (secondary N) is 1. The third-order valence-corrected chi connectivity index (χ3v) is 3.74.